The summed E-state index contributed by atoms with van der Waals surface area (Å²) < 4.78 is 49.4. The lowest BCUT2D eigenvalue weighted by atomic mass is 10.1. The number of benzene rings is 3. The topological polar surface area (TPSA) is 55.8 Å². The van der Waals surface area contributed by atoms with Crippen molar-refractivity contribution in [3.8, 4) is 17.2 Å². The summed E-state index contributed by atoms with van der Waals surface area (Å²) in [5.41, 5.74) is 0.240. The van der Waals surface area contributed by atoms with E-state index in [-0.39, 0.29) is 5.56 Å². The first-order chi connectivity index (χ1) is 14.3. The molecule has 156 valence electrons. The van der Waals surface area contributed by atoms with Gasteiger partial charge in [0.1, 0.15) is 5.75 Å². The molecule has 3 aromatic rings. The number of hydrogen-bond donors (Lipinski definition) is 1. The first kappa shape index (κ1) is 21.2. The summed E-state index contributed by atoms with van der Waals surface area (Å²) in [7, 11) is 0. The second kappa shape index (κ2) is 9.35. The van der Waals surface area contributed by atoms with Crippen LogP contribution in [0.4, 0.5) is 13.2 Å². The van der Waals surface area contributed by atoms with Gasteiger partial charge in [-0.05, 0) is 60.9 Å². The number of alkyl halides is 3. The van der Waals surface area contributed by atoms with Crippen LogP contribution in [0.2, 0.25) is 0 Å². The molecule has 4 nitrogen and oxygen atoms in total. The van der Waals surface area contributed by atoms with Crippen molar-refractivity contribution in [1.29, 1.82) is 0 Å². The molecule has 1 N–H and O–H groups in total. The molecule has 0 aliphatic heterocycles. The third-order valence-electron chi connectivity index (χ3n) is 4.31. The monoisotopic (exact) mass is 416 g/mol. The quantitative estimate of drug-likeness (QED) is 0.444. The Labute approximate surface area is 171 Å². The van der Waals surface area contributed by atoms with Crippen molar-refractivity contribution in [3.63, 3.8) is 0 Å². The largest absolute Gasteiger partial charge is 0.490 e. The zero-order chi connectivity index (χ0) is 21.6. The minimum Gasteiger partial charge on any atom is -0.490 e. The molecule has 0 radical (unpaired) electrons. The van der Waals surface area contributed by atoms with Crippen molar-refractivity contribution in [3.05, 3.63) is 89.5 Å². The normalized spacial score (nSPS) is 11.2. The number of carbonyl (C=O) groups is 1. The highest BCUT2D eigenvalue weighted by molar-refractivity contribution is 5.88. The Kier molecular flexibility index (Phi) is 6.61. The van der Waals surface area contributed by atoms with Gasteiger partial charge < -0.3 is 14.6 Å². The van der Waals surface area contributed by atoms with E-state index in [0.29, 0.717) is 36.7 Å². The third kappa shape index (κ3) is 5.76. The highest BCUT2D eigenvalue weighted by Crippen LogP contribution is 2.32. The van der Waals surface area contributed by atoms with Crippen LogP contribution in [0.3, 0.4) is 0 Å². The van der Waals surface area contributed by atoms with Crippen molar-refractivity contribution < 1.29 is 32.5 Å². The van der Waals surface area contributed by atoms with E-state index in [1.807, 2.05) is 0 Å². The number of hydrogen-bond acceptors (Lipinski definition) is 3. The lowest BCUT2D eigenvalue weighted by Gasteiger charge is -2.13. The van der Waals surface area contributed by atoms with Crippen LogP contribution in [0.5, 0.6) is 17.2 Å². The van der Waals surface area contributed by atoms with E-state index in [1.165, 1.54) is 24.3 Å². The van der Waals surface area contributed by atoms with E-state index in [1.54, 1.807) is 36.4 Å². The summed E-state index contributed by atoms with van der Waals surface area (Å²) in [5.74, 6) is 0.254. The first-order valence-corrected chi connectivity index (χ1v) is 9.22. The van der Waals surface area contributed by atoms with Crippen molar-refractivity contribution in [2.75, 3.05) is 6.61 Å². The van der Waals surface area contributed by atoms with Gasteiger partial charge in [-0.1, -0.05) is 30.3 Å². The standard InChI is InChI=1S/C23H19F3O4/c24-23(25,26)18-12-10-16(11-13-18)5-4-14-29-20-8-1-2-9-21(20)30-19-7-3-6-17(15-19)22(27)28/h1-3,6-13,15H,4-5,14H2,(H,27,28). The van der Waals surface area contributed by atoms with Crippen LogP contribution < -0.4 is 9.47 Å². The predicted octanol–water partition coefficient (Wildman–Crippen LogP) is 6.21. The fraction of sp³-hybridized carbons (Fsp3) is 0.174. The maximum Gasteiger partial charge on any atom is 0.416 e. The summed E-state index contributed by atoms with van der Waals surface area (Å²) in [6.07, 6.45) is -3.16. The summed E-state index contributed by atoms with van der Waals surface area (Å²) in [5, 5.41) is 9.09. The SMILES string of the molecule is O=C(O)c1cccc(Oc2ccccc2OCCCc2ccc(C(F)(F)F)cc2)c1. The molecule has 0 atom stereocenters. The zero-order valence-corrected chi connectivity index (χ0v) is 15.9. The molecule has 0 aliphatic rings. The molecule has 7 heteroatoms. The number of carboxylic acids is 1. The fourth-order valence-corrected chi connectivity index (χ4v) is 2.79. The van der Waals surface area contributed by atoms with Gasteiger partial charge in [0.25, 0.3) is 0 Å². The number of aromatic carboxylic acids is 1. The smallest absolute Gasteiger partial charge is 0.416 e. The molecule has 0 spiro atoms. The molecular weight excluding hydrogens is 397 g/mol. The molecule has 0 unspecified atom stereocenters. The first-order valence-electron chi connectivity index (χ1n) is 9.22. The fourth-order valence-electron chi connectivity index (χ4n) is 2.79. The van der Waals surface area contributed by atoms with Crippen LogP contribution in [0.15, 0.2) is 72.8 Å². The van der Waals surface area contributed by atoms with Gasteiger partial charge in [-0.2, -0.15) is 13.2 Å². The van der Waals surface area contributed by atoms with Crippen molar-refractivity contribution in [1.82, 2.24) is 0 Å². The van der Waals surface area contributed by atoms with E-state index in [0.717, 1.165) is 17.7 Å². The Bertz CT molecular complexity index is 998. The highest BCUT2D eigenvalue weighted by atomic mass is 19.4. The minimum atomic E-state index is -4.34. The van der Waals surface area contributed by atoms with Gasteiger partial charge in [0.2, 0.25) is 0 Å². The van der Waals surface area contributed by atoms with Crippen molar-refractivity contribution in [2.24, 2.45) is 0 Å². The van der Waals surface area contributed by atoms with Gasteiger partial charge in [0.05, 0.1) is 17.7 Å². The summed E-state index contributed by atoms with van der Waals surface area (Å²) in [6.45, 7) is 0.344. The molecule has 0 aliphatic carbocycles. The molecule has 0 amide bonds. The summed E-state index contributed by atoms with van der Waals surface area (Å²) >= 11 is 0. The van der Waals surface area contributed by atoms with E-state index < -0.39 is 17.7 Å². The van der Waals surface area contributed by atoms with Crippen LogP contribution >= 0.6 is 0 Å². The number of ether oxygens (including phenoxy) is 2. The van der Waals surface area contributed by atoms with Crippen molar-refractivity contribution in [2.45, 2.75) is 19.0 Å². The Balaban J connectivity index is 1.56. The Hall–Kier alpha value is -3.48. The number of rotatable bonds is 8. The Morgan fingerprint density at radius 2 is 1.60 bits per heavy atom. The molecule has 0 fully saturated rings. The van der Waals surface area contributed by atoms with Crippen LogP contribution in [0.1, 0.15) is 27.9 Å². The van der Waals surface area contributed by atoms with Gasteiger partial charge in [-0.3, -0.25) is 0 Å². The summed E-state index contributed by atoms with van der Waals surface area (Å²) in [6, 6.07) is 18.2. The van der Waals surface area contributed by atoms with E-state index in [2.05, 4.69) is 0 Å². The zero-order valence-electron chi connectivity index (χ0n) is 15.9. The molecule has 3 aromatic carbocycles. The Morgan fingerprint density at radius 1 is 0.900 bits per heavy atom. The van der Waals surface area contributed by atoms with Crippen LogP contribution in [0, 0.1) is 0 Å². The highest BCUT2D eigenvalue weighted by Gasteiger charge is 2.29. The summed E-state index contributed by atoms with van der Waals surface area (Å²) in [4.78, 5) is 11.1. The number of aryl methyl sites for hydroxylation is 1. The van der Waals surface area contributed by atoms with E-state index in [9.17, 15) is 18.0 Å². The Morgan fingerprint density at radius 3 is 2.27 bits per heavy atom. The molecule has 0 aromatic heterocycles. The molecule has 0 saturated heterocycles. The molecular formula is C23H19F3O4. The lowest BCUT2D eigenvalue weighted by molar-refractivity contribution is -0.137. The molecule has 3 rings (SSSR count). The molecule has 30 heavy (non-hydrogen) atoms. The second-order valence-electron chi connectivity index (χ2n) is 6.53. The van der Waals surface area contributed by atoms with Crippen LogP contribution in [-0.2, 0) is 12.6 Å². The van der Waals surface area contributed by atoms with Crippen molar-refractivity contribution >= 4 is 5.97 Å². The number of halogens is 3. The maximum atomic E-state index is 12.6. The predicted molar refractivity (Wildman–Crippen MR) is 105 cm³/mol. The van der Waals surface area contributed by atoms with Gasteiger partial charge in [-0.15, -0.1) is 0 Å². The number of para-hydroxylation sites is 2. The van der Waals surface area contributed by atoms with E-state index >= 15 is 0 Å². The third-order valence-corrected chi connectivity index (χ3v) is 4.31. The van der Waals surface area contributed by atoms with Gasteiger partial charge in [0.15, 0.2) is 11.5 Å². The average molecular weight is 416 g/mol. The lowest BCUT2D eigenvalue weighted by Crippen LogP contribution is -2.05. The second-order valence-corrected chi connectivity index (χ2v) is 6.53. The molecule has 0 bridgehead atoms. The van der Waals surface area contributed by atoms with Gasteiger partial charge in [-0.25, -0.2) is 4.79 Å². The van der Waals surface area contributed by atoms with Crippen LogP contribution in [-0.4, -0.2) is 17.7 Å². The maximum absolute atomic E-state index is 12.6. The molecule has 0 saturated carbocycles. The van der Waals surface area contributed by atoms with E-state index in [4.69, 9.17) is 14.6 Å². The number of carboxylic acid groups (broad SMARTS) is 1. The van der Waals surface area contributed by atoms with Gasteiger partial charge >= 0.3 is 12.1 Å². The molecule has 0 heterocycles. The van der Waals surface area contributed by atoms with Gasteiger partial charge in [0, 0.05) is 0 Å². The average Bonchev–Trinajstić information content (AvgIpc) is 2.72. The minimum absolute atomic E-state index is 0.113. The van der Waals surface area contributed by atoms with Crippen LogP contribution in [0.25, 0.3) is 0 Å².